The number of nitriles is 1. The molecule has 32 heavy (non-hydrogen) atoms. The Morgan fingerprint density at radius 2 is 1.91 bits per heavy atom. The summed E-state index contributed by atoms with van der Waals surface area (Å²) in [5.74, 6) is 0.688. The maximum Gasteiger partial charge on any atom is 0.234 e. The molecule has 0 saturated carbocycles. The molecule has 1 aliphatic rings. The van der Waals surface area contributed by atoms with Crippen molar-refractivity contribution < 1.29 is 9.53 Å². The molecule has 1 saturated heterocycles. The van der Waals surface area contributed by atoms with E-state index in [1.807, 2.05) is 28.8 Å². The molecule has 1 N–H and O–H groups in total. The maximum absolute atomic E-state index is 12.5. The zero-order valence-corrected chi connectivity index (χ0v) is 18.8. The Kier molecular flexibility index (Phi) is 7.39. The second-order valence-electron chi connectivity index (χ2n) is 7.09. The molecule has 1 amide bonds. The highest BCUT2D eigenvalue weighted by Crippen LogP contribution is 2.25. The SMILES string of the molecule is N#Cc1ccccc1NC(=O)CSc1nnc(CN2CCOCC2)n1-c1ccc(Cl)cc1. The van der Waals surface area contributed by atoms with Crippen molar-refractivity contribution in [2.45, 2.75) is 11.7 Å². The first-order chi connectivity index (χ1) is 15.6. The largest absolute Gasteiger partial charge is 0.379 e. The summed E-state index contributed by atoms with van der Waals surface area (Å²) in [6.45, 7) is 3.68. The van der Waals surface area contributed by atoms with Crippen molar-refractivity contribution in [3.8, 4) is 11.8 Å². The summed E-state index contributed by atoms with van der Waals surface area (Å²) in [4.78, 5) is 14.8. The predicted octanol–water partition coefficient (Wildman–Crippen LogP) is 3.36. The fourth-order valence-corrected chi connectivity index (χ4v) is 4.21. The van der Waals surface area contributed by atoms with Gasteiger partial charge in [-0.05, 0) is 36.4 Å². The molecule has 0 bridgehead atoms. The summed E-state index contributed by atoms with van der Waals surface area (Å²) >= 11 is 7.36. The molecule has 2 aromatic carbocycles. The Morgan fingerprint density at radius 3 is 2.66 bits per heavy atom. The number of aromatic nitrogens is 3. The Balaban J connectivity index is 1.51. The summed E-state index contributed by atoms with van der Waals surface area (Å²) in [6.07, 6.45) is 0. The highest BCUT2D eigenvalue weighted by Gasteiger charge is 2.20. The third kappa shape index (κ3) is 5.47. The first-order valence-corrected chi connectivity index (χ1v) is 11.4. The molecule has 1 aromatic heterocycles. The van der Waals surface area contributed by atoms with Gasteiger partial charge in [0.1, 0.15) is 6.07 Å². The lowest BCUT2D eigenvalue weighted by Gasteiger charge is -2.26. The fourth-order valence-electron chi connectivity index (χ4n) is 3.31. The molecule has 164 valence electrons. The topological polar surface area (TPSA) is 96.1 Å². The van der Waals surface area contributed by atoms with Gasteiger partial charge in [-0.15, -0.1) is 10.2 Å². The summed E-state index contributed by atoms with van der Waals surface area (Å²) < 4.78 is 7.38. The van der Waals surface area contributed by atoms with Crippen molar-refractivity contribution in [2.75, 3.05) is 37.4 Å². The second kappa shape index (κ2) is 10.6. The number of amides is 1. The quantitative estimate of drug-likeness (QED) is 0.531. The Bertz CT molecular complexity index is 1120. The zero-order valence-electron chi connectivity index (χ0n) is 17.2. The van der Waals surface area contributed by atoms with Gasteiger partial charge >= 0.3 is 0 Å². The van der Waals surface area contributed by atoms with Crippen LogP contribution in [0.15, 0.2) is 53.7 Å². The highest BCUT2D eigenvalue weighted by molar-refractivity contribution is 7.99. The van der Waals surface area contributed by atoms with E-state index in [-0.39, 0.29) is 11.7 Å². The molecule has 3 aromatic rings. The molecule has 2 heterocycles. The van der Waals surface area contributed by atoms with Crippen molar-refractivity contribution in [1.29, 1.82) is 5.26 Å². The molecule has 1 fully saturated rings. The van der Waals surface area contributed by atoms with Crippen LogP contribution in [0.1, 0.15) is 11.4 Å². The Hall–Kier alpha value is -2.90. The number of rotatable bonds is 7. The molecule has 0 aliphatic carbocycles. The van der Waals surface area contributed by atoms with Gasteiger partial charge in [0.15, 0.2) is 11.0 Å². The van der Waals surface area contributed by atoms with Crippen LogP contribution in [-0.2, 0) is 16.1 Å². The first-order valence-electron chi connectivity index (χ1n) is 10.1. The summed E-state index contributed by atoms with van der Waals surface area (Å²) in [5, 5.41) is 22.0. The Morgan fingerprint density at radius 1 is 1.16 bits per heavy atom. The van der Waals surface area contributed by atoms with Crippen molar-refractivity contribution in [2.24, 2.45) is 0 Å². The van der Waals surface area contributed by atoms with Gasteiger partial charge < -0.3 is 10.1 Å². The van der Waals surface area contributed by atoms with Gasteiger partial charge in [-0.25, -0.2) is 0 Å². The van der Waals surface area contributed by atoms with E-state index in [2.05, 4.69) is 26.5 Å². The maximum atomic E-state index is 12.5. The lowest BCUT2D eigenvalue weighted by Crippen LogP contribution is -2.36. The van der Waals surface area contributed by atoms with Crippen LogP contribution in [0.3, 0.4) is 0 Å². The predicted molar refractivity (Wildman–Crippen MR) is 123 cm³/mol. The van der Waals surface area contributed by atoms with Crippen molar-refractivity contribution >= 4 is 35.0 Å². The van der Waals surface area contributed by atoms with Gasteiger partial charge in [0.25, 0.3) is 0 Å². The number of carbonyl (C=O) groups is 1. The van der Waals surface area contributed by atoms with Crippen LogP contribution >= 0.6 is 23.4 Å². The normalized spacial score (nSPS) is 14.1. The smallest absolute Gasteiger partial charge is 0.234 e. The fraction of sp³-hybridized carbons (Fsp3) is 0.273. The molecule has 0 atom stereocenters. The molecular formula is C22H21ClN6O2S. The number of para-hydroxylation sites is 1. The van der Waals surface area contributed by atoms with E-state index >= 15 is 0 Å². The van der Waals surface area contributed by atoms with Crippen LogP contribution in [0, 0.1) is 11.3 Å². The van der Waals surface area contributed by atoms with Gasteiger partial charge in [-0.1, -0.05) is 35.5 Å². The van der Waals surface area contributed by atoms with E-state index in [0.717, 1.165) is 24.6 Å². The number of morpholine rings is 1. The number of ether oxygens (including phenoxy) is 1. The monoisotopic (exact) mass is 468 g/mol. The molecule has 0 unspecified atom stereocenters. The van der Waals surface area contributed by atoms with Crippen LogP contribution in [0.4, 0.5) is 5.69 Å². The van der Waals surface area contributed by atoms with Crippen LogP contribution < -0.4 is 5.32 Å². The minimum absolute atomic E-state index is 0.128. The lowest BCUT2D eigenvalue weighted by atomic mass is 10.2. The van der Waals surface area contributed by atoms with E-state index in [1.54, 1.807) is 24.3 Å². The number of carbonyl (C=O) groups excluding carboxylic acids is 1. The molecule has 10 heteroatoms. The van der Waals surface area contributed by atoms with E-state index in [4.69, 9.17) is 16.3 Å². The minimum atomic E-state index is -0.224. The van der Waals surface area contributed by atoms with Gasteiger partial charge in [-0.2, -0.15) is 5.26 Å². The number of halogens is 1. The number of benzene rings is 2. The van der Waals surface area contributed by atoms with Crippen LogP contribution in [0.2, 0.25) is 5.02 Å². The number of hydrogen-bond acceptors (Lipinski definition) is 7. The number of anilines is 1. The average molecular weight is 469 g/mol. The van der Waals surface area contributed by atoms with Crippen LogP contribution in [0.25, 0.3) is 5.69 Å². The van der Waals surface area contributed by atoms with Gasteiger partial charge in [0.2, 0.25) is 5.91 Å². The van der Waals surface area contributed by atoms with E-state index in [1.165, 1.54) is 11.8 Å². The summed E-state index contributed by atoms with van der Waals surface area (Å²) in [7, 11) is 0. The van der Waals surface area contributed by atoms with E-state index < -0.39 is 0 Å². The molecule has 1 aliphatic heterocycles. The summed E-state index contributed by atoms with van der Waals surface area (Å²) in [6, 6.07) is 16.4. The highest BCUT2D eigenvalue weighted by atomic mass is 35.5. The molecule has 4 rings (SSSR count). The van der Waals surface area contributed by atoms with Crippen LogP contribution in [0.5, 0.6) is 0 Å². The number of hydrogen-bond donors (Lipinski definition) is 1. The molecule has 8 nitrogen and oxygen atoms in total. The lowest BCUT2D eigenvalue weighted by molar-refractivity contribution is -0.113. The standard InChI is InChI=1S/C22H21ClN6O2S/c23-17-5-7-18(8-6-17)29-20(14-28-9-11-31-12-10-28)26-27-22(29)32-15-21(30)25-19-4-2-1-3-16(19)13-24/h1-8H,9-12,14-15H2,(H,25,30). The molecule has 0 spiro atoms. The van der Waals surface area contributed by atoms with E-state index in [0.29, 0.717) is 41.2 Å². The number of nitrogens with zero attached hydrogens (tertiary/aromatic N) is 5. The van der Waals surface area contributed by atoms with Crippen molar-refractivity contribution in [3.63, 3.8) is 0 Å². The third-order valence-corrected chi connectivity index (χ3v) is 6.09. The summed E-state index contributed by atoms with van der Waals surface area (Å²) in [5.41, 5.74) is 1.79. The minimum Gasteiger partial charge on any atom is -0.379 e. The van der Waals surface area contributed by atoms with Gasteiger partial charge in [0, 0.05) is 23.8 Å². The third-order valence-electron chi connectivity index (χ3n) is 4.91. The molecular weight excluding hydrogens is 448 g/mol. The average Bonchev–Trinajstić information content (AvgIpc) is 3.21. The second-order valence-corrected chi connectivity index (χ2v) is 8.47. The van der Waals surface area contributed by atoms with Gasteiger partial charge in [-0.3, -0.25) is 14.3 Å². The van der Waals surface area contributed by atoms with Gasteiger partial charge in [0.05, 0.1) is 36.8 Å². The van der Waals surface area contributed by atoms with Crippen molar-refractivity contribution in [3.05, 3.63) is 64.9 Å². The van der Waals surface area contributed by atoms with Crippen LogP contribution in [-0.4, -0.2) is 57.6 Å². The van der Waals surface area contributed by atoms with E-state index in [9.17, 15) is 10.1 Å². The van der Waals surface area contributed by atoms with Crippen molar-refractivity contribution in [1.82, 2.24) is 19.7 Å². The first kappa shape index (κ1) is 22.3. The Labute approximate surface area is 195 Å². The molecule has 0 radical (unpaired) electrons. The zero-order chi connectivity index (χ0) is 22.3. The number of thioether (sulfide) groups is 1. The number of nitrogens with one attached hydrogen (secondary N) is 1.